The molecule has 0 spiro atoms. The van der Waals surface area contributed by atoms with E-state index in [1.807, 2.05) is 30.2 Å². The number of hydrogen-bond acceptors (Lipinski definition) is 3. The molecule has 0 amide bonds. The van der Waals surface area contributed by atoms with Crippen molar-refractivity contribution in [1.82, 2.24) is 4.98 Å². The maximum atomic E-state index is 6.11. The van der Waals surface area contributed by atoms with Gasteiger partial charge >= 0.3 is 0 Å². The number of aromatic amines is 1. The quantitative estimate of drug-likeness (QED) is 0.310. The molecular formula is C21H24ClNOS2. The molecule has 2 nitrogen and oxygen atoms in total. The minimum atomic E-state index is 0.330. The minimum absolute atomic E-state index is 0.330. The summed E-state index contributed by atoms with van der Waals surface area (Å²) in [6.07, 6.45) is 8.35. The lowest BCUT2D eigenvalue weighted by Gasteiger charge is -2.17. The summed E-state index contributed by atoms with van der Waals surface area (Å²) in [5, 5.41) is 2.10. The molecule has 0 radical (unpaired) electrons. The third kappa shape index (κ3) is 4.61. The summed E-state index contributed by atoms with van der Waals surface area (Å²) in [5.74, 6) is 1.35. The van der Waals surface area contributed by atoms with Crippen LogP contribution < -0.4 is 0 Å². The zero-order valence-electron chi connectivity index (χ0n) is 15.1. The predicted molar refractivity (Wildman–Crippen MR) is 118 cm³/mol. The van der Waals surface area contributed by atoms with E-state index in [9.17, 15) is 0 Å². The molecule has 0 saturated heterocycles. The number of benzene rings is 2. The maximum absolute atomic E-state index is 6.11. The molecule has 3 aromatic rings. The van der Waals surface area contributed by atoms with E-state index in [0.717, 1.165) is 30.2 Å². The Bertz CT molecular complexity index is 832. The molecule has 0 bridgehead atoms. The van der Waals surface area contributed by atoms with E-state index < -0.39 is 0 Å². The first kappa shape index (κ1) is 19.7. The molecule has 0 saturated carbocycles. The zero-order valence-corrected chi connectivity index (χ0v) is 17.5. The fraction of sp³-hybridized carbons (Fsp3) is 0.333. The summed E-state index contributed by atoms with van der Waals surface area (Å²) in [4.78, 5) is 3.53. The average Bonchev–Trinajstić information content (AvgIpc) is 3.08. The first-order valence-electron chi connectivity index (χ1n) is 8.73. The van der Waals surface area contributed by atoms with Gasteiger partial charge in [-0.2, -0.15) is 11.8 Å². The highest BCUT2D eigenvalue weighted by Crippen LogP contribution is 2.36. The van der Waals surface area contributed by atoms with E-state index in [-0.39, 0.29) is 0 Å². The average molecular weight is 406 g/mol. The number of hydrogen-bond donors (Lipinski definition) is 1. The molecule has 0 aliphatic rings. The number of para-hydroxylation sites is 1. The largest absolute Gasteiger partial charge is 0.361 e. The van der Waals surface area contributed by atoms with Crippen LogP contribution in [0.5, 0.6) is 0 Å². The topological polar surface area (TPSA) is 25.0 Å². The van der Waals surface area contributed by atoms with Crippen molar-refractivity contribution in [3.63, 3.8) is 0 Å². The van der Waals surface area contributed by atoms with Crippen LogP contribution in [0.15, 0.2) is 48.7 Å². The highest BCUT2D eigenvalue weighted by molar-refractivity contribution is 7.97. The molecule has 0 fully saturated rings. The van der Waals surface area contributed by atoms with Crippen molar-refractivity contribution in [2.75, 3.05) is 19.1 Å². The van der Waals surface area contributed by atoms with Crippen LogP contribution in [0.2, 0.25) is 5.02 Å². The number of nitrogens with one attached hydrogen (secondary N) is 1. The van der Waals surface area contributed by atoms with Crippen LogP contribution in [0.25, 0.3) is 10.9 Å². The lowest BCUT2D eigenvalue weighted by molar-refractivity contribution is 0.356. The van der Waals surface area contributed by atoms with Crippen molar-refractivity contribution in [1.29, 1.82) is 0 Å². The van der Waals surface area contributed by atoms with Crippen molar-refractivity contribution in [2.45, 2.75) is 24.5 Å². The molecule has 3 rings (SSSR count). The van der Waals surface area contributed by atoms with Gasteiger partial charge in [0.05, 0.1) is 6.61 Å². The second-order valence-electron chi connectivity index (χ2n) is 6.25. The zero-order chi connectivity index (χ0) is 18.4. The second kappa shape index (κ2) is 9.75. The monoisotopic (exact) mass is 405 g/mol. The molecule has 0 aliphatic heterocycles. The molecule has 1 N–H and O–H groups in total. The van der Waals surface area contributed by atoms with Crippen molar-refractivity contribution in [2.24, 2.45) is 0 Å². The fourth-order valence-electron chi connectivity index (χ4n) is 3.43. The predicted octanol–water partition coefficient (Wildman–Crippen LogP) is 6.89. The van der Waals surface area contributed by atoms with Gasteiger partial charge in [0.25, 0.3) is 0 Å². The first-order valence-corrected chi connectivity index (χ1v) is 11.7. The lowest BCUT2D eigenvalue weighted by Crippen LogP contribution is -2.02. The van der Waals surface area contributed by atoms with E-state index >= 15 is 0 Å². The summed E-state index contributed by atoms with van der Waals surface area (Å²) in [5.41, 5.74) is 5.28. The Kier molecular flexibility index (Phi) is 7.38. The van der Waals surface area contributed by atoms with E-state index in [2.05, 4.69) is 47.8 Å². The van der Waals surface area contributed by atoms with Crippen LogP contribution >= 0.6 is 35.4 Å². The number of thioether (sulfide) groups is 1. The number of H-pyrrole nitrogens is 1. The SMILES string of the molecule is CSCc1cccc2c(C(CCCOSC)c3ccc(Cl)cc3)c[nH]c12. The Morgan fingerprint density at radius 1 is 1.12 bits per heavy atom. The highest BCUT2D eigenvalue weighted by atomic mass is 35.5. The number of aromatic nitrogens is 1. The summed E-state index contributed by atoms with van der Waals surface area (Å²) in [6.45, 7) is 0.769. The standard InChI is InChI=1S/C21H24ClNOS2/c1-25-14-16-5-3-6-19-20(13-23-21(16)19)18(7-4-12-24-26-2)15-8-10-17(22)11-9-15/h3,5-6,8-11,13,18,23H,4,7,12,14H2,1-2H3. The highest BCUT2D eigenvalue weighted by Gasteiger charge is 2.19. The van der Waals surface area contributed by atoms with Gasteiger partial charge in [-0.25, -0.2) is 0 Å². The smallest absolute Gasteiger partial charge is 0.0614 e. The van der Waals surface area contributed by atoms with Crippen LogP contribution in [0.1, 0.15) is 35.4 Å². The van der Waals surface area contributed by atoms with Gasteiger partial charge in [-0.3, -0.25) is 0 Å². The third-order valence-corrected chi connectivity index (χ3v) is 5.87. The van der Waals surface area contributed by atoms with Crippen molar-refractivity contribution >= 4 is 46.3 Å². The third-order valence-electron chi connectivity index (χ3n) is 4.62. The van der Waals surface area contributed by atoms with Gasteiger partial charge in [0.1, 0.15) is 0 Å². The van der Waals surface area contributed by atoms with Crippen LogP contribution in [0.3, 0.4) is 0 Å². The van der Waals surface area contributed by atoms with E-state index in [0.29, 0.717) is 5.92 Å². The molecule has 26 heavy (non-hydrogen) atoms. The van der Waals surface area contributed by atoms with Gasteiger partial charge in [-0.15, -0.1) is 0 Å². The summed E-state index contributed by atoms with van der Waals surface area (Å²) in [6, 6.07) is 14.9. The molecule has 1 heterocycles. The first-order chi connectivity index (χ1) is 12.7. The Balaban J connectivity index is 1.96. The van der Waals surface area contributed by atoms with Gasteiger partial charge in [0, 0.05) is 40.0 Å². The van der Waals surface area contributed by atoms with Crippen molar-refractivity contribution < 1.29 is 4.18 Å². The van der Waals surface area contributed by atoms with E-state index in [4.69, 9.17) is 15.8 Å². The van der Waals surface area contributed by atoms with Crippen molar-refractivity contribution in [3.05, 3.63) is 70.4 Å². The molecule has 1 atom stereocenters. The molecule has 0 aliphatic carbocycles. The Morgan fingerprint density at radius 3 is 2.65 bits per heavy atom. The number of fused-ring (bicyclic) bond motifs is 1. The second-order valence-corrected chi connectivity index (χ2v) is 8.12. The Morgan fingerprint density at radius 2 is 1.92 bits per heavy atom. The number of halogens is 1. The van der Waals surface area contributed by atoms with Gasteiger partial charge in [-0.05, 0) is 60.0 Å². The molecule has 2 aromatic carbocycles. The Labute approximate surface area is 169 Å². The summed E-state index contributed by atoms with van der Waals surface area (Å²) < 4.78 is 5.48. The molecule has 5 heteroatoms. The molecular weight excluding hydrogens is 382 g/mol. The van der Waals surface area contributed by atoms with Gasteiger partial charge in [-0.1, -0.05) is 41.9 Å². The minimum Gasteiger partial charge on any atom is -0.361 e. The van der Waals surface area contributed by atoms with Crippen LogP contribution in [-0.2, 0) is 9.94 Å². The molecule has 1 unspecified atom stereocenters. The van der Waals surface area contributed by atoms with Crippen LogP contribution in [0.4, 0.5) is 0 Å². The van der Waals surface area contributed by atoms with Crippen molar-refractivity contribution in [3.8, 4) is 0 Å². The summed E-state index contributed by atoms with van der Waals surface area (Å²) in [7, 11) is 0. The van der Waals surface area contributed by atoms with E-state index in [1.165, 1.54) is 39.6 Å². The maximum Gasteiger partial charge on any atom is 0.0614 e. The number of rotatable bonds is 9. The lowest BCUT2D eigenvalue weighted by atomic mass is 9.87. The fourth-order valence-corrected chi connectivity index (χ4v) is 4.39. The normalized spacial score (nSPS) is 12.6. The van der Waals surface area contributed by atoms with Gasteiger partial charge < -0.3 is 9.17 Å². The van der Waals surface area contributed by atoms with Crippen LogP contribution in [0, 0.1) is 0 Å². The van der Waals surface area contributed by atoms with Gasteiger partial charge in [0.15, 0.2) is 0 Å². The van der Waals surface area contributed by atoms with E-state index in [1.54, 1.807) is 0 Å². The Hall–Kier alpha value is -1.07. The van der Waals surface area contributed by atoms with Gasteiger partial charge in [0.2, 0.25) is 0 Å². The van der Waals surface area contributed by atoms with Crippen LogP contribution in [-0.4, -0.2) is 24.1 Å². The molecule has 138 valence electrons. The molecule has 1 aromatic heterocycles. The summed E-state index contributed by atoms with van der Waals surface area (Å²) >= 11 is 9.39.